The van der Waals surface area contributed by atoms with Crippen LogP contribution in [-0.4, -0.2) is 27.1 Å². The van der Waals surface area contributed by atoms with Crippen molar-refractivity contribution in [1.82, 2.24) is 4.98 Å². The third-order valence-corrected chi connectivity index (χ3v) is 1.72. The highest BCUT2D eigenvalue weighted by Crippen LogP contribution is 2.00. The van der Waals surface area contributed by atoms with Crippen molar-refractivity contribution in [2.75, 3.05) is 0 Å². The van der Waals surface area contributed by atoms with Gasteiger partial charge in [0, 0.05) is 11.9 Å². The molecule has 0 aliphatic heterocycles. The number of carbonyl (C=O) groups is 2. The Hall–Kier alpha value is -2.11. The van der Waals surface area contributed by atoms with Gasteiger partial charge in [0.25, 0.3) is 0 Å². The van der Waals surface area contributed by atoms with Gasteiger partial charge in [-0.2, -0.15) is 0 Å². The van der Waals surface area contributed by atoms with E-state index in [1.54, 1.807) is 0 Å². The van der Waals surface area contributed by atoms with E-state index in [-0.39, 0.29) is 5.69 Å². The fourth-order valence-corrected chi connectivity index (χ4v) is 1.04. The Morgan fingerprint density at radius 3 is 2.29 bits per heavy atom. The van der Waals surface area contributed by atoms with Crippen molar-refractivity contribution in [3.8, 4) is 0 Å². The molecule has 0 amide bonds. The fourth-order valence-electron chi connectivity index (χ4n) is 1.04. The van der Waals surface area contributed by atoms with Crippen molar-refractivity contribution in [3.05, 3.63) is 33.2 Å². The number of pyridine rings is 1. The lowest BCUT2D eigenvalue weighted by molar-refractivity contribution is 0.0693. The van der Waals surface area contributed by atoms with Crippen LogP contribution >= 0.6 is 0 Å². The molecule has 0 atom stereocenters. The number of aromatic nitrogens is 1. The van der Waals surface area contributed by atoms with Crippen molar-refractivity contribution >= 4 is 11.9 Å². The van der Waals surface area contributed by atoms with Crippen molar-refractivity contribution < 1.29 is 19.8 Å². The Bertz CT molecular complexity index is 459. The minimum absolute atomic E-state index is 0.132. The standard InChI is InChI=1S/C8H7NO5/c1-3-5(8(13)14)6(10)4(2-9-3)7(11)12/h2H,1H3,(H,9,10)(H,11,12)(H,13,14). The van der Waals surface area contributed by atoms with Crippen LogP contribution in [0.4, 0.5) is 0 Å². The second-order valence-electron chi connectivity index (χ2n) is 2.64. The minimum atomic E-state index is -1.45. The maximum Gasteiger partial charge on any atom is 0.341 e. The monoisotopic (exact) mass is 197 g/mol. The predicted octanol–water partition coefficient (Wildman–Crippen LogP) is 0.0797. The van der Waals surface area contributed by atoms with Gasteiger partial charge in [-0.05, 0) is 6.92 Å². The van der Waals surface area contributed by atoms with Crippen LogP contribution in [0.25, 0.3) is 0 Å². The molecule has 6 nitrogen and oxygen atoms in total. The normalized spacial score (nSPS) is 9.79. The Morgan fingerprint density at radius 2 is 1.86 bits per heavy atom. The molecular weight excluding hydrogens is 190 g/mol. The number of H-pyrrole nitrogens is 1. The SMILES string of the molecule is Cc1[nH]cc(C(=O)O)c(=O)c1C(=O)O. The molecule has 0 aliphatic carbocycles. The summed E-state index contributed by atoms with van der Waals surface area (Å²) >= 11 is 0. The minimum Gasteiger partial charge on any atom is -0.477 e. The van der Waals surface area contributed by atoms with Gasteiger partial charge in [-0.3, -0.25) is 4.79 Å². The van der Waals surface area contributed by atoms with Gasteiger partial charge in [0.05, 0.1) is 0 Å². The summed E-state index contributed by atoms with van der Waals surface area (Å²) in [6.07, 6.45) is 0.979. The van der Waals surface area contributed by atoms with Gasteiger partial charge in [-0.15, -0.1) is 0 Å². The largest absolute Gasteiger partial charge is 0.477 e. The molecule has 1 heterocycles. The molecule has 6 heteroatoms. The Labute approximate surface area is 77.8 Å². The second kappa shape index (κ2) is 3.33. The Morgan fingerprint density at radius 1 is 1.29 bits per heavy atom. The number of carboxylic acid groups (broad SMARTS) is 2. The summed E-state index contributed by atoms with van der Waals surface area (Å²) in [6, 6.07) is 0. The average molecular weight is 197 g/mol. The quantitative estimate of drug-likeness (QED) is 0.622. The molecule has 0 bridgehead atoms. The molecule has 3 N–H and O–H groups in total. The van der Waals surface area contributed by atoms with Gasteiger partial charge in [-0.1, -0.05) is 0 Å². The summed E-state index contributed by atoms with van der Waals surface area (Å²) in [4.78, 5) is 34.8. The highest BCUT2D eigenvalue weighted by molar-refractivity contribution is 5.93. The summed E-state index contributed by atoms with van der Waals surface area (Å²) in [6.45, 7) is 1.39. The van der Waals surface area contributed by atoms with Crippen molar-refractivity contribution in [3.63, 3.8) is 0 Å². The lowest BCUT2D eigenvalue weighted by Crippen LogP contribution is -2.24. The van der Waals surface area contributed by atoms with E-state index < -0.39 is 28.5 Å². The number of nitrogens with one attached hydrogen (secondary N) is 1. The van der Waals surface area contributed by atoms with Gasteiger partial charge < -0.3 is 15.2 Å². The zero-order valence-corrected chi connectivity index (χ0v) is 7.20. The average Bonchev–Trinajstić information content (AvgIpc) is 2.02. The molecule has 0 aromatic carbocycles. The van der Waals surface area contributed by atoms with Crippen LogP contribution in [0.3, 0.4) is 0 Å². The molecule has 1 rings (SSSR count). The number of aryl methyl sites for hydroxylation is 1. The third kappa shape index (κ3) is 1.49. The molecule has 1 aromatic rings. The molecule has 0 saturated carbocycles. The molecule has 74 valence electrons. The number of aromatic carboxylic acids is 2. The molecule has 0 unspecified atom stereocenters. The topological polar surface area (TPSA) is 107 Å². The first-order valence-electron chi connectivity index (χ1n) is 3.64. The maximum atomic E-state index is 11.3. The van der Waals surface area contributed by atoms with Crippen LogP contribution in [0.1, 0.15) is 26.4 Å². The number of rotatable bonds is 2. The summed E-state index contributed by atoms with van der Waals surface area (Å²) in [5.74, 6) is -2.89. The van der Waals surface area contributed by atoms with Crippen LogP contribution in [0.5, 0.6) is 0 Å². The predicted molar refractivity (Wildman–Crippen MR) is 45.7 cm³/mol. The van der Waals surface area contributed by atoms with Gasteiger partial charge in [0.2, 0.25) is 5.43 Å². The molecule has 0 fully saturated rings. The molecule has 0 radical (unpaired) electrons. The molecule has 14 heavy (non-hydrogen) atoms. The van der Waals surface area contributed by atoms with Crippen LogP contribution in [0, 0.1) is 6.92 Å². The Kier molecular flexibility index (Phi) is 2.37. The first kappa shape index (κ1) is 9.97. The smallest absolute Gasteiger partial charge is 0.341 e. The first-order valence-corrected chi connectivity index (χ1v) is 3.64. The van der Waals surface area contributed by atoms with E-state index in [0.29, 0.717) is 0 Å². The van der Waals surface area contributed by atoms with E-state index in [4.69, 9.17) is 10.2 Å². The van der Waals surface area contributed by atoms with Crippen LogP contribution in [-0.2, 0) is 0 Å². The van der Waals surface area contributed by atoms with Crippen LogP contribution in [0.15, 0.2) is 11.0 Å². The summed E-state index contributed by atoms with van der Waals surface area (Å²) in [7, 11) is 0. The highest BCUT2D eigenvalue weighted by Gasteiger charge is 2.18. The van der Waals surface area contributed by atoms with Crippen molar-refractivity contribution in [2.45, 2.75) is 6.92 Å². The van der Waals surface area contributed by atoms with Crippen LogP contribution < -0.4 is 5.43 Å². The van der Waals surface area contributed by atoms with E-state index in [2.05, 4.69) is 4.98 Å². The van der Waals surface area contributed by atoms with E-state index >= 15 is 0 Å². The number of aromatic amines is 1. The fraction of sp³-hybridized carbons (Fsp3) is 0.125. The molecule has 0 saturated heterocycles. The molecule has 1 aromatic heterocycles. The van der Waals surface area contributed by atoms with Gasteiger partial charge in [-0.25, -0.2) is 9.59 Å². The first-order chi connectivity index (χ1) is 6.45. The maximum absolute atomic E-state index is 11.3. The van der Waals surface area contributed by atoms with Gasteiger partial charge in [0.1, 0.15) is 11.1 Å². The lowest BCUT2D eigenvalue weighted by Gasteiger charge is -2.00. The summed E-state index contributed by atoms with van der Waals surface area (Å²) in [5.41, 5.74) is -1.97. The van der Waals surface area contributed by atoms with Gasteiger partial charge in [0.15, 0.2) is 0 Å². The zero-order valence-electron chi connectivity index (χ0n) is 7.20. The van der Waals surface area contributed by atoms with Crippen molar-refractivity contribution in [2.24, 2.45) is 0 Å². The molecular formula is C8H7NO5. The van der Waals surface area contributed by atoms with Crippen molar-refractivity contribution in [1.29, 1.82) is 0 Å². The summed E-state index contributed by atoms with van der Waals surface area (Å²) < 4.78 is 0. The number of hydrogen-bond acceptors (Lipinski definition) is 3. The second-order valence-corrected chi connectivity index (χ2v) is 2.64. The summed E-state index contributed by atoms with van der Waals surface area (Å²) in [5, 5.41) is 17.2. The number of carboxylic acids is 2. The highest BCUT2D eigenvalue weighted by atomic mass is 16.4. The van der Waals surface area contributed by atoms with E-state index in [9.17, 15) is 14.4 Å². The zero-order chi connectivity index (χ0) is 10.9. The molecule has 0 spiro atoms. The van der Waals surface area contributed by atoms with Crippen LogP contribution in [0.2, 0.25) is 0 Å². The van der Waals surface area contributed by atoms with Gasteiger partial charge >= 0.3 is 11.9 Å². The van der Waals surface area contributed by atoms with E-state index in [1.807, 2.05) is 0 Å². The number of hydrogen-bond donors (Lipinski definition) is 3. The third-order valence-electron chi connectivity index (χ3n) is 1.72. The Balaban J connectivity index is 3.58. The lowest BCUT2D eigenvalue weighted by atomic mass is 10.1. The molecule has 0 aliphatic rings. The van der Waals surface area contributed by atoms with E-state index in [0.717, 1.165) is 6.20 Å². The van der Waals surface area contributed by atoms with E-state index in [1.165, 1.54) is 6.92 Å².